The molecule has 0 aliphatic carbocycles. The largest absolute Gasteiger partial charge is 0.484 e. The van der Waals surface area contributed by atoms with Crippen LogP contribution >= 0.6 is 34.8 Å². The maximum absolute atomic E-state index is 12.4. The fourth-order valence-electron chi connectivity index (χ4n) is 2.60. The molecular formula is C22H17Cl3N2O3. The molecule has 0 fully saturated rings. The van der Waals surface area contributed by atoms with Gasteiger partial charge in [-0.3, -0.25) is 9.59 Å². The molecular weight excluding hydrogens is 447 g/mol. The number of para-hydroxylation sites is 1. The Kier molecular flexibility index (Phi) is 7.21. The summed E-state index contributed by atoms with van der Waals surface area (Å²) in [6.07, 6.45) is 0. The van der Waals surface area contributed by atoms with Crippen LogP contribution in [0.2, 0.25) is 15.1 Å². The first kappa shape index (κ1) is 22.0. The predicted octanol–water partition coefficient (Wildman–Crippen LogP) is 6.23. The van der Waals surface area contributed by atoms with Gasteiger partial charge in [-0.2, -0.15) is 0 Å². The minimum Gasteiger partial charge on any atom is -0.484 e. The molecule has 3 rings (SSSR count). The zero-order chi connectivity index (χ0) is 21.7. The van der Waals surface area contributed by atoms with Crippen molar-refractivity contribution in [3.63, 3.8) is 0 Å². The lowest BCUT2D eigenvalue weighted by molar-refractivity contribution is -0.118. The van der Waals surface area contributed by atoms with Crippen molar-refractivity contribution >= 4 is 58.0 Å². The Bertz CT molecular complexity index is 1060. The van der Waals surface area contributed by atoms with E-state index in [2.05, 4.69) is 10.6 Å². The quantitative estimate of drug-likeness (QED) is 0.456. The number of hydrogen-bond donors (Lipinski definition) is 2. The molecule has 0 spiro atoms. The molecule has 0 saturated heterocycles. The Hall–Kier alpha value is -2.73. The second-order valence-electron chi connectivity index (χ2n) is 6.37. The van der Waals surface area contributed by atoms with Gasteiger partial charge in [-0.1, -0.05) is 53.0 Å². The van der Waals surface area contributed by atoms with Crippen molar-refractivity contribution in [3.8, 4) is 5.75 Å². The molecule has 0 aliphatic heterocycles. The number of benzene rings is 3. The number of ether oxygens (including phenoxy) is 1. The molecule has 154 valence electrons. The fourth-order valence-corrected chi connectivity index (χ4v) is 3.51. The van der Waals surface area contributed by atoms with Gasteiger partial charge in [0, 0.05) is 16.3 Å². The van der Waals surface area contributed by atoms with E-state index in [1.54, 1.807) is 24.3 Å². The van der Waals surface area contributed by atoms with E-state index in [1.165, 1.54) is 12.1 Å². The van der Waals surface area contributed by atoms with Crippen molar-refractivity contribution < 1.29 is 14.3 Å². The van der Waals surface area contributed by atoms with Gasteiger partial charge in [0.05, 0.1) is 15.7 Å². The summed E-state index contributed by atoms with van der Waals surface area (Å²) in [6, 6.07) is 16.8. The number of halogens is 3. The number of aryl methyl sites for hydroxylation is 1. The standard InChI is InChI=1S/C22H17Cl3N2O3/c1-13-4-2-3-5-19(13)26-20(28)12-30-16-8-6-14(7-9-16)22(29)27-21-17(24)10-15(23)11-18(21)25/h2-11H,12H2,1H3,(H,26,28)(H,27,29). The van der Waals surface area contributed by atoms with Crippen LogP contribution in [0.3, 0.4) is 0 Å². The van der Waals surface area contributed by atoms with Crippen LogP contribution in [0.1, 0.15) is 15.9 Å². The van der Waals surface area contributed by atoms with Gasteiger partial charge < -0.3 is 15.4 Å². The molecule has 0 bridgehead atoms. The monoisotopic (exact) mass is 462 g/mol. The molecule has 2 N–H and O–H groups in total. The van der Waals surface area contributed by atoms with Crippen LogP contribution in [0.5, 0.6) is 5.75 Å². The van der Waals surface area contributed by atoms with Gasteiger partial charge in [-0.25, -0.2) is 0 Å². The Labute approximate surface area is 188 Å². The van der Waals surface area contributed by atoms with E-state index in [-0.39, 0.29) is 28.2 Å². The number of anilines is 2. The molecule has 8 heteroatoms. The smallest absolute Gasteiger partial charge is 0.262 e. The van der Waals surface area contributed by atoms with Gasteiger partial charge in [0.25, 0.3) is 11.8 Å². The van der Waals surface area contributed by atoms with Crippen molar-refractivity contribution in [1.82, 2.24) is 0 Å². The summed E-state index contributed by atoms with van der Waals surface area (Å²) in [5.74, 6) is -0.225. The summed E-state index contributed by atoms with van der Waals surface area (Å²) in [7, 11) is 0. The van der Waals surface area contributed by atoms with Gasteiger partial charge in [-0.15, -0.1) is 0 Å². The van der Waals surface area contributed by atoms with E-state index in [4.69, 9.17) is 39.5 Å². The van der Waals surface area contributed by atoms with Crippen molar-refractivity contribution in [2.45, 2.75) is 6.92 Å². The van der Waals surface area contributed by atoms with Crippen LogP contribution in [-0.4, -0.2) is 18.4 Å². The molecule has 3 aromatic rings. The number of hydrogen-bond acceptors (Lipinski definition) is 3. The molecule has 3 aromatic carbocycles. The third-order valence-electron chi connectivity index (χ3n) is 4.15. The summed E-state index contributed by atoms with van der Waals surface area (Å²) in [4.78, 5) is 24.5. The molecule has 2 amide bonds. The normalized spacial score (nSPS) is 10.4. The van der Waals surface area contributed by atoms with E-state index >= 15 is 0 Å². The highest BCUT2D eigenvalue weighted by Gasteiger charge is 2.13. The molecule has 0 aliphatic rings. The topological polar surface area (TPSA) is 67.4 Å². The van der Waals surface area contributed by atoms with Crippen LogP contribution in [0.25, 0.3) is 0 Å². The minimum absolute atomic E-state index is 0.157. The van der Waals surface area contributed by atoms with Gasteiger partial charge in [0.15, 0.2) is 6.61 Å². The highest BCUT2D eigenvalue weighted by atomic mass is 35.5. The lowest BCUT2D eigenvalue weighted by Gasteiger charge is -2.11. The molecule has 5 nitrogen and oxygen atoms in total. The van der Waals surface area contributed by atoms with Gasteiger partial charge in [-0.05, 0) is 55.0 Å². The van der Waals surface area contributed by atoms with Crippen LogP contribution in [0.15, 0.2) is 60.7 Å². The fraction of sp³-hybridized carbons (Fsp3) is 0.0909. The minimum atomic E-state index is -0.398. The summed E-state index contributed by atoms with van der Waals surface area (Å²) in [5, 5.41) is 6.29. The number of rotatable bonds is 6. The molecule has 0 aromatic heterocycles. The SMILES string of the molecule is Cc1ccccc1NC(=O)COc1ccc(C(=O)Nc2c(Cl)cc(Cl)cc2Cl)cc1. The molecule has 0 saturated carbocycles. The third kappa shape index (κ3) is 5.66. The second-order valence-corrected chi connectivity index (χ2v) is 7.63. The molecule has 30 heavy (non-hydrogen) atoms. The maximum Gasteiger partial charge on any atom is 0.262 e. The second kappa shape index (κ2) is 9.85. The Balaban J connectivity index is 1.58. The van der Waals surface area contributed by atoms with Crippen molar-refractivity contribution in [3.05, 3.63) is 86.9 Å². The number of nitrogens with one attached hydrogen (secondary N) is 2. The van der Waals surface area contributed by atoms with E-state index in [0.29, 0.717) is 16.3 Å². The summed E-state index contributed by atoms with van der Waals surface area (Å²) in [6.45, 7) is 1.75. The average Bonchev–Trinajstić information content (AvgIpc) is 2.71. The summed E-state index contributed by atoms with van der Waals surface area (Å²) < 4.78 is 5.48. The van der Waals surface area contributed by atoms with E-state index in [0.717, 1.165) is 11.3 Å². The van der Waals surface area contributed by atoms with Gasteiger partial charge in [0.2, 0.25) is 0 Å². The third-order valence-corrected chi connectivity index (χ3v) is 4.97. The highest BCUT2D eigenvalue weighted by Crippen LogP contribution is 2.34. The van der Waals surface area contributed by atoms with Gasteiger partial charge in [0.1, 0.15) is 5.75 Å². The maximum atomic E-state index is 12.4. The lowest BCUT2D eigenvalue weighted by atomic mass is 10.2. The van der Waals surface area contributed by atoms with Crippen LogP contribution < -0.4 is 15.4 Å². The van der Waals surface area contributed by atoms with E-state index < -0.39 is 5.91 Å². The van der Waals surface area contributed by atoms with Crippen LogP contribution in [0, 0.1) is 6.92 Å². The predicted molar refractivity (Wildman–Crippen MR) is 121 cm³/mol. The van der Waals surface area contributed by atoms with Crippen molar-refractivity contribution in [1.29, 1.82) is 0 Å². The zero-order valence-electron chi connectivity index (χ0n) is 15.8. The zero-order valence-corrected chi connectivity index (χ0v) is 18.1. The first-order chi connectivity index (χ1) is 14.3. The van der Waals surface area contributed by atoms with Crippen molar-refractivity contribution in [2.24, 2.45) is 0 Å². The lowest BCUT2D eigenvalue weighted by Crippen LogP contribution is -2.20. The molecule has 0 unspecified atom stereocenters. The highest BCUT2D eigenvalue weighted by molar-refractivity contribution is 6.42. The Morgan fingerprint density at radius 3 is 2.17 bits per heavy atom. The van der Waals surface area contributed by atoms with E-state index in [1.807, 2.05) is 31.2 Å². The molecule has 0 atom stereocenters. The van der Waals surface area contributed by atoms with Crippen LogP contribution in [-0.2, 0) is 4.79 Å². The van der Waals surface area contributed by atoms with Crippen molar-refractivity contribution in [2.75, 3.05) is 17.2 Å². The average molecular weight is 464 g/mol. The summed E-state index contributed by atoms with van der Waals surface area (Å²) in [5.41, 5.74) is 2.34. The van der Waals surface area contributed by atoms with Crippen LogP contribution in [0.4, 0.5) is 11.4 Å². The number of carbonyl (C=O) groups excluding carboxylic acids is 2. The Morgan fingerprint density at radius 1 is 0.900 bits per heavy atom. The summed E-state index contributed by atoms with van der Waals surface area (Å²) >= 11 is 18.1. The van der Waals surface area contributed by atoms with Gasteiger partial charge >= 0.3 is 0 Å². The molecule has 0 heterocycles. The number of carbonyl (C=O) groups is 2. The van der Waals surface area contributed by atoms with E-state index in [9.17, 15) is 9.59 Å². The Morgan fingerprint density at radius 2 is 1.53 bits per heavy atom. The molecule has 0 radical (unpaired) electrons. The number of amides is 2. The first-order valence-corrected chi connectivity index (χ1v) is 10.0. The first-order valence-electron chi connectivity index (χ1n) is 8.87.